The Labute approximate surface area is 98.9 Å². The molecule has 0 aromatic heterocycles. The molecule has 1 heterocycles. The molecule has 2 atom stereocenters. The van der Waals surface area contributed by atoms with Gasteiger partial charge in [-0.15, -0.1) is 0 Å². The van der Waals surface area contributed by atoms with Crippen molar-refractivity contribution < 1.29 is 9.47 Å². The first-order valence-corrected chi connectivity index (χ1v) is 6.65. The van der Waals surface area contributed by atoms with Gasteiger partial charge in [-0.05, 0) is 52.0 Å². The van der Waals surface area contributed by atoms with Crippen LogP contribution in [-0.2, 0) is 9.47 Å². The highest BCUT2D eigenvalue weighted by Crippen LogP contribution is 2.39. The van der Waals surface area contributed by atoms with Gasteiger partial charge in [-0.2, -0.15) is 0 Å². The SMILES string of the molecule is CNC(CCC1CCCO1)C1(OC)CCC1. The van der Waals surface area contributed by atoms with Crippen molar-refractivity contribution in [3.8, 4) is 0 Å². The number of ether oxygens (including phenoxy) is 2. The zero-order chi connectivity index (χ0) is 11.4. The van der Waals surface area contributed by atoms with E-state index in [4.69, 9.17) is 9.47 Å². The van der Waals surface area contributed by atoms with Gasteiger partial charge in [-0.25, -0.2) is 0 Å². The topological polar surface area (TPSA) is 30.5 Å². The summed E-state index contributed by atoms with van der Waals surface area (Å²) in [5, 5.41) is 3.44. The Morgan fingerprint density at radius 2 is 2.25 bits per heavy atom. The molecule has 16 heavy (non-hydrogen) atoms. The number of nitrogens with one attached hydrogen (secondary N) is 1. The molecule has 1 saturated heterocycles. The Kier molecular flexibility index (Phi) is 4.22. The highest BCUT2D eigenvalue weighted by atomic mass is 16.5. The fourth-order valence-electron chi connectivity index (χ4n) is 3.12. The summed E-state index contributed by atoms with van der Waals surface area (Å²) < 4.78 is 11.4. The van der Waals surface area contributed by atoms with Crippen LogP contribution in [-0.4, -0.2) is 38.5 Å². The summed E-state index contributed by atoms with van der Waals surface area (Å²) >= 11 is 0. The lowest BCUT2D eigenvalue weighted by Crippen LogP contribution is -2.55. The summed E-state index contributed by atoms with van der Waals surface area (Å²) in [6.45, 7) is 0.963. The van der Waals surface area contributed by atoms with Gasteiger partial charge in [0.25, 0.3) is 0 Å². The van der Waals surface area contributed by atoms with Gasteiger partial charge in [-0.3, -0.25) is 0 Å². The fourth-order valence-corrected chi connectivity index (χ4v) is 3.12. The van der Waals surface area contributed by atoms with Gasteiger partial charge in [0.05, 0.1) is 11.7 Å². The number of methoxy groups -OCH3 is 1. The fraction of sp³-hybridized carbons (Fsp3) is 1.00. The summed E-state index contributed by atoms with van der Waals surface area (Å²) in [4.78, 5) is 0. The third-order valence-electron chi connectivity index (χ3n) is 4.39. The molecule has 1 aliphatic heterocycles. The molecule has 0 amide bonds. The van der Waals surface area contributed by atoms with Crippen LogP contribution in [0.25, 0.3) is 0 Å². The molecule has 2 rings (SSSR count). The zero-order valence-corrected chi connectivity index (χ0v) is 10.6. The highest BCUT2D eigenvalue weighted by Gasteiger charge is 2.43. The van der Waals surface area contributed by atoms with Crippen LogP contribution in [0, 0.1) is 0 Å². The molecule has 0 radical (unpaired) electrons. The molecule has 2 aliphatic rings. The molecule has 2 unspecified atom stereocenters. The third-order valence-corrected chi connectivity index (χ3v) is 4.39. The van der Waals surface area contributed by atoms with E-state index < -0.39 is 0 Å². The average Bonchev–Trinajstić information content (AvgIpc) is 2.74. The lowest BCUT2D eigenvalue weighted by molar-refractivity contribution is -0.100. The highest BCUT2D eigenvalue weighted by molar-refractivity contribution is 4.99. The van der Waals surface area contributed by atoms with Crippen LogP contribution in [0.1, 0.15) is 44.9 Å². The van der Waals surface area contributed by atoms with Crippen molar-refractivity contribution >= 4 is 0 Å². The Bertz CT molecular complexity index is 204. The van der Waals surface area contributed by atoms with Crippen molar-refractivity contribution in [2.45, 2.75) is 62.7 Å². The minimum absolute atomic E-state index is 0.118. The molecule has 0 aromatic carbocycles. The Morgan fingerprint density at radius 1 is 1.44 bits per heavy atom. The molecule has 0 bridgehead atoms. The van der Waals surface area contributed by atoms with E-state index in [0.29, 0.717) is 12.1 Å². The summed E-state index contributed by atoms with van der Waals surface area (Å²) in [5.41, 5.74) is 0.118. The van der Waals surface area contributed by atoms with E-state index in [1.54, 1.807) is 0 Å². The molecule has 3 nitrogen and oxygen atoms in total. The number of likely N-dealkylation sites (N-methyl/N-ethyl adjacent to an activating group) is 1. The number of rotatable bonds is 6. The molecule has 1 N–H and O–H groups in total. The van der Waals surface area contributed by atoms with Gasteiger partial charge in [0, 0.05) is 19.8 Å². The van der Waals surface area contributed by atoms with E-state index in [9.17, 15) is 0 Å². The maximum atomic E-state index is 5.74. The van der Waals surface area contributed by atoms with Crippen molar-refractivity contribution in [2.24, 2.45) is 0 Å². The molecule has 0 spiro atoms. The summed E-state index contributed by atoms with van der Waals surface area (Å²) in [6, 6.07) is 0.496. The maximum Gasteiger partial charge on any atom is 0.0830 e. The molecule has 2 fully saturated rings. The van der Waals surface area contributed by atoms with Crippen LogP contribution in [0.3, 0.4) is 0 Å². The van der Waals surface area contributed by atoms with Crippen LogP contribution in [0.2, 0.25) is 0 Å². The Morgan fingerprint density at radius 3 is 2.69 bits per heavy atom. The van der Waals surface area contributed by atoms with Crippen LogP contribution in [0.4, 0.5) is 0 Å². The van der Waals surface area contributed by atoms with Gasteiger partial charge in [-0.1, -0.05) is 0 Å². The summed E-state index contributed by atoms with van der Waals surface area (Å²) in [7, 11) is 3.91. The minimum atomic E-state index is 0.118. The van der Waals surface area contributed by atoms with E-state index in [1.165, 1.54) is 44.9 Å². The van der Waals surface area contributed by atoms with Crippen molar-refractivity contribution in [3.05, 3.63) is 0 Å². The van der Waals surface area contributed by atoms with Gasteiger partial charge in [0.15, 0.2) is 0 Å². The normalized spacial score (nSPS) is 30.0. The van der Waals surface area contributed by atoms with E-state index >= 15 is 0 Å². The van der Waals surface area contributed by atoms with Crippen LogP contribution in [0.5, 0.6) is 0 Å². The van der Waals surface area contributed by atoms with Gasteiger partial charge < -0.3 is 14.8 Å². The van der Waals surface area contributed by atoms with E-state index in [0.717, 1.165) is 6.61 Å². The molecule has 94 valence electrons. The van der Waals surface area contributed by atoms with Crippen molar-refractivity contribution in [1.29, 1.82) is 0 Å². The van der Waals surface area contributed by atoms with E-state index in [-0.39, 0.29) is 5.60 Å². The average molecular weight is 227 g/mol. The quantitative estimate of drug-likeness (QED) is 0.754. The predicted molar refractivity (Wildman–Crippen MR) is 64.6 cm³/mol. The largest absolute Gasteiger partial charge is 0.378 e. The lowest BCUT2D eigenvalue weighted by atomic mass is 9.73. The second kappa shape index (κ2) is 5.48. The molecule has 1 aliphatic carbocycles. The van der Waals surface area contributed by atoms with Gasteiger partial charge in [0.2, 0.25) is 0 Å². The van der Waals surface area contributed by atoms with Crippen LogP contribution >= 0.6 is 0 Å². The molecule has 1 saturated carbocycles. The third kappa shape index (κ3) is 2.41. The first kappa shape index (κ1) is 12.3. The standard InChI is InChI=1S/C13H25NO2/c1-14-12(13(15-2)8-4-9-13)7-6-11-5-3-10-16-11/h11-12,14H,3-10H2,1-2H3. The van der Waals surface area contributed by atoms with Gasteiger partial charge >= 0.3 is 0 Å². The Balaban J connectivity index is 1.80. The maximum absolute atomic E-state index is 5.74. The van der Waals surface area contributed by atoms with Crippen molar-refractivity contribution in [3.63, 3.8) is 0 Å². The molecule has 3 heteroatoms. The van der Waals surface area contributed by atoms with Crippen molar-refractivity contribution in [2.75, 3.05) is 20.8 Å². The number of hydrogen-bond donors (Lipinski definition) is 1. The zero-order valence-electron chi connectivity index (χ0n) is 10.6. The minimum Gasteiger partial charge on any atom is -0.378 e. The Hall–Kier alpha value is -0.120. The first-order chi connectivity index (χ1) is 7.80. The van der Waals surface area contributed by atoms with E-state index in [2.05, 4.69) is 12.4 Å². The molecule has 0 aromatic rings. The molecular formula is C13H25NO2. The lowest BCUT2D eigenvalue weighted by Gasteiger charge is -2.46. The summed E-state index contributed by atoms with van der Waals surface area (Å²) in [6.07, 6.45) is 9.07. The predicted octanol–water partition coefficient (Wildman–Crippen LogP) is 2.10. The molecular weight excluding hydrogens is 202 g/mol. The van der Waals surface area contributed by atoms with Crippen molar-refractivity contribution in [1.82, 2.24) is 5.32 Å². The van der Waals surface area contributed by atoms with Gasteiger partial charge in [0.1, 0.15) is 0 Å². The number of hydrogen-bond acceptors (Lipinski definition) is 3. The second-order valence-corrected chi connectivity index (χ2v) is 5.18. The summed E-state index contributed by atoms with van der Waals surface area (Å²) in [5.74, 6) is 0. The first-order valence-electron chi connectivity index (χ1n) is 6.65. The monoisotopic (exact) mass is 227 g/mol. The van der Waals surface area contributed by atoms with E-state index in [1.807, 2.05) is 7.11 Å². The van der Waals surface area contributed by atoms with Crippen LogP contribution in [0.15, 0.2) is 0 Å². The van der Waals surface area contributed by atoms with Crippen LogP contribution < -0.4 is 5.32 Å². The second-order valence-electron chi connectivity index (χ2n) is 5.18. The smallest absolute Gasteiger partial charge is 0.0830 e.